The minimum absolute atomic E-state index is 0.502. The second-order valence-corrected chi connectivity index (χ2v) is 4.81. The van der Waals surface area contributed by atoms with Crippen molar-refractivity contribution in [3.8, 4) is 11.5 Å². The molecule has 2 aromatic rings. The smallest absolute Gasteiger partial charge is 0.163 e. The molecule has 2 N–H and O–H groups in total. The maximum absolute atomic E-state index is 5.93. The highest BCUT2D eigenvalue weighted by molar-refractivity contribution is 6.22. The van der Waals surface area contributed by atoms with E-state index >= 15 is 0 Å². The van der Waals surface area contributed by atoms with Gasteiger partial charge in [-0.2, -0.15) is 0 Å². The Morgan fingerprint density at radius 1 is 0.952 bits per heavy atom. The molecule has 2 aromatic carbocycles. The van der Waals surface area contributed by atoms with Crippen molar-refractivity contribution in [3.05, 3.63) is 53.6 Å². The van der Waals surface area contributed by atoms with Crippen LogP contribution < -0.4 is 15.2 Å². The van der Waals surface area contributed by atoms with Crippen LogP contribution in [0.2, 0.25) is 0 Å². The van der Waals surface area contributed by atoms with Gasteiger partial charge in [0.2, 0.25) is 0 Å². The zero-order valence-corrected chi connectivity index (χ0v) is 11.2. The van der Waals surface area contributed by atoms with E-state index in [4.69, 9.17) is 15.2 Å². The van der Waals surface area contributed by atoms with Crippen molar-refractivity contribution < 1.29 is 9.47 Å². The monoisotopic (exact) mass is 279 g/mol. The van der Waals surface area contributed by atoms with E-state index in [-0.39, 0.29) is 0 Å². The Hall–Kier alpha value is -2.82. The molecule has 0 atom stereocenters. The van der Waals surface area contributed by atoms with Crippen molar-refractivity contribution in [1.82, 2.24) is 0 Å². The third kappa shape index (κ3) is 2.03. The van der Waals surface area contributed by atoms with E-state index < -0.39 is 0 Å². The van der Waals surface area contributed by atoms with Gasteiger partial charge in [0.15, 0.2) is 17.3 Å². The van der Waals surface area contributed by atoms with Gasteiger partial charge in [0, 0.05) is 17.2 Å². The fourth-order valence-corrected chi connectivity index (χ4v) is 2.45. The summed E-state index contributed by atoms with van der Waals surface area (Å²) in [4.78, 5) is 8.91. The van der Waals surface area contributed by atoms with Crippen LogP contribution in [0.25, 0.3) is 0 Å². The molecular weight excluding hydrogens is 266 g/mol. The fraction of sp³-hybridized carbons (Fsp3) is 0.125. The molecule has 0 aliphatic carbocycles. The van der Waals surface area contributed by atoms with Gasteiger partial charge in [0.25, 0.3) is 0 Å². The average Bonchev–Trinajstić information content (AvgIpc) is 2.84. The van der Waals surface area contributed by atoms with Gasteiger partial charge < -0.3 is 15.2 Å². The molecule has 0 radical (unpaired) electrons. The minimum atomic E-state index is 0.502. The van der Waals surface area contributed by atoms with Crippen LogP contribution in [0.15, 0.2) is 52.4 Å². The molecule has 2 heterocycles. The van der Waals surface area contributed by atoms with Crippen LogP contribution in [0.5, 0.6) is 11.5 Å². The molecule has 2 aliphatic rings. The molecule has 104 valence electrons. The summed E-state index contributed by atoms with van der Waals surface area (Å²) in [6, 6.07) is 13.4. The number of rotatable bonds is 1. The molecule has 0 aromatic heterocycles. The Kier molecular flexibility index (Phi) is 2.64. The molecule has 0 spiro atoms. The van der Waals surface area contributed by atoms with Gasteiger partial charge >= 0.3 is 0 Å². The zero-order valence-electron chi connectivity index (χ0n) is 11.2. The first-order valence-electron chi connectivity index (χ1n) is 6.73. The lowest BCUT2D eigenvalue weighted by atomic mass is 10.1. The third-order valence-electron chi connectivity index (χ3n) is 3.43. The molecule has 4 rings (SSSR count). The number of benzene rings is 2. The van der Waals surface area contributed by atoms with Crippen molar-refractivity contribution in [2.45, 2.75) is 0 Å². The van der Waals surface area contributed by atoms with Gasteiger partial charge in [-0.1, -0.05) is 24.3 Å². The number of aliphatic imine (C=N–C) groups is 2. The van der Waals surface area contributed by atoms with Crippen LogP contribution >= 0.6 is 0 Å². The van der Waals surface area contributed by atoms with Crippen molar-refractivity contribution in [1.29, 1.82) is 0 Å². The summed E-state index contributed by atoms with van der Waals surface area (Å²) in [5.41, 5.74) is 8.57. The summed E-state index contributed by atoms with van der Waals surface area (Å²) in [6.07, 6.45) is 0. The lowest BCUT2D eigenvalue weighted by Crippen LogP contribution is -2.14. The van der Waals surface area contributed by atoms with Crippen molar-refractivity contribution in [2.24, 2.45) is 15.7 Å². The number of hydrogen-bond donors (Lipinski definition) is 1. The molecule has 5 nitrogen and oxygen atoms in total. The molecule has 2 aliphatic heterocycles. The van der Waals surface area contributed by atoms with Crippen molar-refractivity contribution >= 4 is 17.4 Å². The molecule has 0 saturated carbocycles. The fourth-order valence-electron chi connectivity index (χ4n) is 2.45. The number of nitrogens with two attached hydrogens (primary N) is 1. The summed E-state index contributed by atoms with van der Waals surface area (Å²) < 4.78 is 11.1. The molecule has 0 unspecified atom stereocenters. The summed E-state index contributed by atoms with van der Waals surface area (Å²) in [5.74, 6) is 2.59. The summed E-state index contributed by atoms with van der Waals surface area (Å²) in [6.45, 7) is 1.13. The first-order chi connectivity index (χ1) is 10.3. The predicted octanol–water partition coefficient (Wildman–Crippen LogP) is 2.26. The normalized spacial score (nSPS) is 17.5. The highest BCUT2D eigenvalue weighted by Gasteiger charge is 2.19. The van der Waals surface area contributed by atoms with E-state index in [1.807, 2.05) is 42.5 Å². The Morgan fingerprint density at radius 2 is 1.71 bits per heavy atom. The maximum Gasteiger partial charge on any atom is 0.163 e. The Bertz CT molecular complexity index is 781. The van der Waals surface area contributed by atoms with Crippen LogP contribution in [-0.4, -0.2) is 24.9 Å². The Labute approximate surface area is 121 Å². The molecule has 0 fully saturated rings. The lowest BCUT2D eigenvalue weighted by molar-refractivity contribution is 0.171. The second-order valence-electron chi connectivity index (χ2n) is 4.81. The molecule has 21 heavy (non-hydrogen) atoms. The summed E-state index contributed by atoms with van der Waals surface area (Å²) in [7, 11) is 0. The number of amidine groups is 2. The van der Waals surface area contributed by atoms with E-state index in [0.717, 1.165) is 22.6 Å². The standard InChI is InChI=1S/C16H13N3O2/c17-15-11-3-1-2-4-12(11)16(19-15)18-10-5-6-13-14(9-10)21-8-7-20-13/h1-6,9H,7-8H2,(H2,17,18,19). The number of fused-ring (bicyclic) bond motifs is 2. The second kappa shape index (κ2) is 4.63. The number of ether oxygens (including phenoxy) is 2. The zero-order chi connectivity index (χ0) is 14.2. The van der Waals surface area contributed by atoms with Crippen LogP contribution in [0.3, 0.4) is 0 Å². The van der Waals surface area contributed by atoms with Crippen molar-refractivity contribution in [2.75, 3.05) is 13.2 Å². The highest BCUT2D eigenvalue weighted by Crippen LogP contribution is 2.34. The van der Waals surface area contributed by atoms with Gasteiger partial charge in [-0.25, -0.2) is 9.98 Å². The molecule has 0 bridgehead atoms. The van der Waals surface area contributed by atoms with E-state index in [2.05, 4.69) is 9.98 Å². The lowest BCUT2D eigenvalue weighted by Gasteiger charge is -2.18. The average molecular weight is 279 g/mol. The van der Waals surface area contributed by atoms with Crippen molar-refractivity contribution in [3.63, 3.8) is 0 Å². The van der Waals surface area contributed by atoms with E-state index in [9.17, 15) is 0 Å². The summed E-state index contributed by atoms with van der Waals surface area (Å²) in [5, 5.41) is 0. The topological polar surface area (TPSA) is 69.2 Å². The SMILES string of the molecule is NC1=NC(=Nc2ccc3c(c2)OCCO3)c2ccccc21. The van der Waals surface area contributed by atoms with Crippen LogP contribution in [-0.2, 0) is 0 Å². The first-order valence-corrected chi connectivity index (χ1v) is 6.73. The van der Waals surface area contributed by atoms with E-state index in [0.29, 0.717) is 30.6 Å². The first kappa shape index (κ1) is 12.0. The van der Waals surface area contributed by atoms with E-state index in [1.165, 1.54) is 0 Å². The molecule has 0 saturated heterocycles. The quantitative estimate of drug-likeness (QED) is 0.870. The minimum Gasteiger partial charge on any atom is -0.486 e. The van der Waals surface area contributed by atoms with Gasteiger partial charge in [0.1, 0.15) is 19.0 Å². The molecule has 0 amide bonds. The highest BCUT2D eigenvalue weighted by atomic mass is 16.6. The summed E-state index contributed by atoms with van der Waals surface area (Å²) >= 11 is 0. The number of nitrogens with zero attached hydrogens (tertiary/aromatic N) is 2. The predicted molar refractivity (Wildman–Crippen MR) is 80.8 cm³/mol. The van der Waals surface area contributed by atoms with E-state index in [1.54, 1.807) is 0 Å². The largest absolute Gasteiger partial charge is 0.486 e. The van der Waals surface area contributed by atoms with Crippen LogP contribution in [0, 0.1) is 0 Å². The van der Waals surface area contributed by atoms with Crippen LogP contribution in [0.1, 0.15) is 11.1 Å². The van der Waals surface area contributed by atoms with Gasteiger partial charge in [-0.15, -0.1) is 0 Å². The molecular formula is C16H13N3O2. The third-order valence-corrected chi connectivity index (χ3v) is 3.43. The van der Waals surface area contributed by atoms with Crippen LogP contribution in [0.4, 0.5) is 5.69 Å². The Balaban J connectivity index is 1.76. The van der Waals surface area contributed by atoms with Gasteiger partial charge in [-0.3, -0.25) is 0 Å². The maximum atomic E-state index is 5.93. The number of hydrogen-bond acceptors (Lipinski definition) is 4. The molecule has 5 heteroatoms. The van der Waals surface area contributed by atoms with Gasteiger partial charge in [-0.05, 0) is 12.1 Å². The Morgan fingerprint density at radius 3 is 2.57 bits per heavy atom. The van der Waals surface area contributed by atoms with Gasteiger partial charge in [0.05, 0.1) is 5.69 Å².